The predicted octanol–water partition coefficient (Wildman–Crippen LogP) is 3.16. The first-order chi connectivity index (χ1) is 11.5. The standard InChI is InChI=1S/C20H22N2O2/c1-14-3-5-15(6-4-14)13-22(2)20(24)17-9-7-16(8-10-17)19(23)21-18-11-12-18/h3-10,18H,11-13H2,1-2H3,(H,21,23). The van der Waals surface area contributed by atoms with Crippen molar-refractivity contribution in [1.82, 2.24) is 10.2 Å². The highest BCUT2D eigenvalue weighted by Crippen LogP contribution is 2.19. The molecule has 0 atom stereocenters. The maximum atomic E-state index is 12.5. The summed E-state index contributed by atoms with van der Waals surface area (Å²) in [6.45, 7) is 2.60. The van der Waals surface area contributed by atoms with E-state index >= 15 is 0 Å². The Balaban J connectivity index is 1.63. The molecule has 0 radical (unpaired) electrons. The third-order valence-corrected chi connectivity index (χ3v) is 4.19. The fourth-order valence-electron chi connectivity index (χ4n) is 2.52. The van der Waals surface area contributed by atoms with Crippen molar-refractivity contribution in [3.05, 3.63) is 70.8 Å². The second kappa shape index (κ2) is 6.87. The molecule has 0 saturated heterocycles. The van der Waals surface area contributed by atoms with E-state index in [1.54, 1.807) is 36.2 Å². The smallest absolute Gasteiger partial charge is 0.253 e. The van der Waals surface area contributed by atoms with Crippen LogP contribution >= 0.6 is 0 Å². The lowest BCUT2D eigenvalue weighted by atomic mass is 10.1. The zero-order valence-corrected chi connectivity index (χ0v) is 14.1. The molecule has 1 fully saturated rings. The molecular weight excluding hydrogens is 300 g/mol. The van der Waals surface area contributed by atoms with Crippen LogP contribution in [0.4, 0.5) is 0 Å². The van der Waals surface area contributed by atoms with Gasteiger partial charge in [-0.1, -0.05) is 29.8 Å². The molecule has 24 heavy (non-hydrogen) atoms. The molecule has 4 heteroatoms. The van der Waals surface area contributed by atoms with Crippen LogP contribution < -0.4 is 5.32 Å². The molecule has 3 rings (SSSR count). The number of nitrogens with one attached hydrogen (secondary N) is 1. The Morgan fingerprint density at radius 2 is 1.58 bits per heavy atom. The first kappa shape index (κ1) is 16.2. The third kappa shape index (κ3) is 4.02. The average molecular weight is 322 g/mol. The Kier molecular flexibility index (Phi) is 4.65. The molecule has 1 N–H and O–H groups in total. The van der Waals surface area contributed by atoms with E-state index in [1.165, 1.54) is 5.56 Å². The van der Waals surface area contributed by atoms with Crippen LogP contribution in [-0.2, 0) is 6.54 Å². The molecule has 1 aliphatic rings. The lowest BCUT2D eigenvalue weighted by Crippen LogP contribution is -2.27. The van der Waals surface area contributed by atoms with Crippen LogP contribution in [-0.4, -0.2) is 29.8 Å². The van der Waals surface area contributed by atoms with Gasteiger partial charge >= 0.3 is 0 Å². The minimum absolute atomic E-state index is 0.0512. The lowest BCUT2D eigenvalue weighted by Gasteiger charge is -2.17. The maximum Gasteiger partial charge on any atom is 0.253 e. The molecule has 2 aromatic carbocycles. The average Bonchev–Trinajstić information content (AvgIpc) is 3.40. The number of hydrogen-bond acceptors (Lipinski definition) is 2. The molecule has 2 aromatic rings. The number of nitrogens with zero attached hydrogens (tertiary/aromatic N) is 1. The fraction of sp³-hybridized carbons (Fsp3) is 0.300. The monoisotopic (exact) mass is 322 g/mol. The van der Waals surface area contributed by atoms with Gasteiger partial charge < -0.3 is 10.2 Å². The van der Waals surface area contributed by atoms with Gasteiger partial charge in [0.25, 0.3) is 11.8 Å². The van der Waals surface area contributed by atoms with E-state index in [1.807, 2.05) is 31.2 Å². The molecule has 4 nitrogen and oxygen atoms in total. The summed E-state index contributed by atoms with van der Waals surface area (Å²) in [6, 6.07) is 15.3. The van der Waals surface area contributed by atoms with Crippen LogP contribution in [0.25, 0.3) is 0 Å². The first-order valence-corrected chi connectivity index (χ1v) is 8.25. The summed E-state index contributed by atoms with van der Waals surface area (Å²) in [5.74, 6) is -0.116. The van der Waals surface area contributed by atoms with Gasteiger partial charge in [0, 0.05) is 30.8 Å². The van der Waals surface area contributed by atoms with Gasteiger partial charge in [-0.15, -0.1) is 0 Å². The quantitative estimate of drug-likeness (QED) is 0.919. The predicted molar refractivity (Wildman–Crippen MR) is 93.9 cm³/mol. The molecule has 1 saturated carbocycles. The normalized spacial score (nSPS) is 13.4. The summed E-state index contributed by atoms with van der Waals surface area (Å²) in [6.07, 6.45) is 2.12. The highest BCUT2D eigenvalue weighted by atomic mass is 16.2. The number of rotatable bonds is 5. The largest absolute Gasteiger partial charge is 0.349 e. The van der Waals surface area contributed by atoms with E-state index in [9.17, 15) is 9.59 Å². The Bertz CT molecular complexity index is 731. The van der Waals surface area contributed by atoms with Crippen LogP contribution in [0.15, 0.2) is 48.5 Å². The van der Waals surface area contributed by atoms with Crippen LogP contribution in [0.2, 0.25) is 0 Å². The van der Waals surface area contributed by atoms with Crippen molar-refractivity contribution < 1.29 is 9.59 Å². The van der Waals surface area contributed by atoms with Crippen molar-refractivity contribution in [2.75, 3.05) is 7.05 Å². The van der Waals surface area contributed by atoms with E-state index in [-0.39, 0.29) is 11.8 Å². The number of benzene rings is 2. The van der Waals surface area contributed by atoms with E-state index < -0.39 is 0 Å². The number of carbonyl (C=O) groups excluding carboxylic acids is 2. The Morgan fingerprint density at radius 1 is 1.00 bits per heavy atom. The number of carbonyl (C=O) groups is 2. The Labute approximate surface area is 142 Å². The highest BCUT2D eigenvalue weighted by molar-refractivity contribution is 5.97. The van der Waals surface area contributed by atoms with Crippen molar-refractivity contribution in [2.45, 2.75) is 32.4 Å². The van der Waals surface area contributed by atoms with Gasteiger partial charge in [-0.3, -0.25) is 9.59 Å². The molecule has 0 bridgehead atoms. The van der Waals surface area contributed by atoms with Crippen LogP contribution in [0.1, 0.15) is 44.7 Å². The minimum atomic E-state index is -0.0653. The summed E-state index contributed by atoms with van der Waals surface area (Å²) in [5.41, 5.74) is 3.48. The molecule has 0 heterocycles. The van der Waals surface area contributed by atoms with Crippen molar-refractivity contribution in [3.63, 3.8) is 0 Å². The SMILES string of the molecule is Cc1ccc(CN(C)C(=O)c2ccc(C(=O)NC3CC3)cc2)cc1. The van der Waals surface area contributed by atoms with Crippen LogP contribution in [0, 0.1) is 6.92 Å². The van der Waals surface area contributed by atoms with Crippen LogP contribution in [0.3, 0.4) is 0 Å². The number of aryl methyl sites for hydroxylation is 1. The topological polar surface area (TPSA) is 49.4 Å². The number of amides is 2. The molecule has 0 aliphatic heterocycles. The second-order valence-electron chi connectivity index (χ2n) is 6.47. The molecule has 1 aliphatic carbocycles. The molecule has 124 valence electrons. The summed E-state index contributed by atoms with van der Waals surface area (Å²) in [5, 5.41) is 2.94. The first-order valence-electron chi connectivity index (χ1n) is 8.25. The summed E-state index contributed by atoms with van der Waals surface area (Å²) in [4.78, 5) is 26.2. The molecule has 0 unspecified atom stereocenters. The van der Waals surface area contributed by atoms with Crippen molar-refractivity contribution in [1.29, 1.82) is 0 Å². The lowest BCUT2D eigenvalue weighted by molar-refractivity contribution is 0.0784. The molecule has 0 aromatic heterocycles. The third-order valence-electron chi connectivity index (χ3n) is 4.19. The van der Waals surface area contributed by atoms with E-state index in [4.69, 9.17) is 0 Å². The zero-order chi connectivity index (χ0) is 17.1. The van der Waals surface area contributed by atoms with Crippen molar-refractivity contribution in [3.8, 4) is 0 Å². The number of hydrogen-bond donors (Lipinski definition) is 1. The fourth-order valence-corrected chi connectivity index (χ4v) is 2.52. The summed E-state index contributed by atoms with van der Waals surface area (Å²) in [7, 11) is 1.79. The second-order valence-corrected chi connectivity index (χ2v) is 6.47. The van der Waals surface area contributed by atoms with Gasteiger partial charge in [-0.25, -0.2) is 0 Å². The van der Waals surface area contributed by atoms with Crippen molar-refractivity contribution >= 4 is 11.8 Å². The van der Waals surface area contributed by atoms with Gasteiger partial charge in [-0.05, 0) is 49.6 Å². The van der Waals surface area contributed by atoms with Gasteiger partial charge in [0.05, 0.1) is 0 Å². The minimum Gasteiger partial charge on any atom is -0.349 e. The summed E-state index contributed by atoms with van der Waals surface area (Å²) >= 11 is 0. The van der Waals surface area contributed by atoms with E-state index in [0.29, 0.717) is 23.7 Å². The molecular formula is C20H22N2O2. The van der Waals surface area contributed by atoms with Gasteiger partial charge in [0.2, 0.25) is 0 Å². The van der Waals surface area contributed by atoms with Crippen molar-refractivity contribution in [2.24, 2.45) is 0 Å². The molecule has 0 spiro atoms. The van der Waals surface area contributed by atoms with Gasteiger partial charge in [0.1, 0.15) is 0 Å². The van der Waals surface area contributed by atoms with Gasteiger partial charge in [-0.2, -0.15) is 0 Å². The van der Waals surface area contributed by atoms with Gasteiger partial charge in [0.15, 0.2) is 0 Å². The molecule has 2 amide bonds. The maximum absolute atomic E-state index is 12.5. The van der Waals surface area contributed by atoms with E-state index in [2.05, 4.69) is 5.32 Å². The highest BCUT2D eigenvalue weighted by Gasteiger charge is 2.23. The van der Waals surface area contributed by atoms with Crippen LogP contribution in [0.5, 0.6) is 0 Å². The Morgan fingerprint density at radius 3 is 2.17 bits per heavy atom. The summed E-state index contributed by atoms with van der Waals surface area (Å²) < 4.78 is 0. The zero-order valence-electron chi connectivity index (χ0n) is 14.1. The Hall–Kier alpha value is -2.62. The van der Waals surface area contributed by atoms with E-state index in [0.717, 1.165) is 18.4 Å².